The minimum absolute atomic E-state index is 0.00699. The van der Waals surface area contributed by atoms with Gasteiger partial charge in [-0.2, -0.15) is 0 Å². The summed E-state index contributed by atoms with van der Waals surface area (Å²) in [5.41, 5.74) is 1.52. The van der Waals surface area contributed by atoms with Crippen molar-refractivity contribution in [2.24, 2.45) is 35.5 Å². The third-order valence-corrected chi connectivity index (χ3v) is 15.2. The van der Waals surface area contributed by atoms with E-state index < -0.39 is 65.9 Å². The molecule has 1 saturated carbocycles. The molecule has 2 N–H and O–H groups in total. The number of esters is 1. The zero-order valence-corrected chi connectivity index (χ0v) is 42.3. The van der Waals surface area contributed by atoms with E-state index in [9.17, 15) is 29.4 Å². The first-order chi connectivity index (χ1) is 32.4. The van der Waals surface area contributed by atoms with Crippen molar-refractivity contribution >= 4 is 23.4 Å². The van der Waals surface area contributed by atoms with Crippen LogP contribution in [0.1, 0.15) is 138 Å². The van der Waals surface area contributed by atoms with E-state index in [0.717, 1.165) is 31.3 Å². The number of ether oxygens (including phenoxy) is 5. The molecule has 68 heavy (non-hydrogen) atoms. The number of methoxy groups -OCH3 is 3. The number of rotatable bonds is 7. The predicted molar refractivity (Wildman–Crippen MR) is 256 cm³/mol. The van der Waals surface area contributed by atoms with Gasteiger partial charge in [-0.25, -0.2) is 9.48 Å². The molecular formula is C52H81N5O11. The maximum atomic E-state index is 14.5. The Labute approximate surface area is 404 Å². The van der Waals surface area contributed by atoms with E-state index in [2.05, 4.69) is 22.4 Å². The number of carbonyl (C=O) groups is 4. The Balaban J connectivity index is 1.44. The largest absolute Gasteiger partial charge is 0.461 e. The number of hydrogen-bond acceptors (Lipinski definition) is 14. The number of cyclic esters (lactones) is 1. The van der Waals surface area contributed by atoms with Gasteiger partial charge in [-0.15, -0.1) is 5.10 Å². The van der Waals surface area contributed by atoms with Crippen LogP contribution >= 0.6 is 0 Å². The molecule has 2 saturated heterocycles. The number of ketones is 2. The number of aliphatic hydroxyl groups excluding tert-OH is 1. The second-order valence-corrected chi connectivity index (χ2v) is 20.5. The van der Waals surface area contributed by atoms with Crippen LogP contribution in [0.3, 0.4) is 0 Å². The van der Waals surface area contributed by atoms with E-state index in [4.69, 9.17) is 23.7 Å². The fourth-order valence-electron chi connectivity index (χ4n) is 10.9. The van der Waals surface area contributed by atoms with Crippen LogP contribution in [0.5, 0.6) is 0 Å². The minimum Gasteiger partial charge on any atom is -0.461 e. The molecule has 4 aliphatic rings. The Bertz CT molecular complexity index is 1940. The lowest BCUT2D eigenvalue weighted by Crippen LogP contribution is -2.61. The Hall–Kier alpha value is -3.93. The minimum atomic E-state index is -2.38. The number of nitrogens with zero attached hydrogens (tertiary/aromatic N) is 5. The molecule has 15 atom stereocenters. The normalized spacial score (nSPS) is 39.1. The van der Waals surface area contributed by atoms with Crippen molar-refractivity contribution in [3.8, 4) is 0 Å². The molecule has 3 aliphatic heterocycles. The summed E-state index contributed by atoms with van der Waals surface area (Å²) >= 11 is 0. The van der Waals surface area contributed by atoms with Gasteiger partial charge in [0.25, 0.3) is 11.7 Å². The van der Waals surface area contributed by atoms with Crippen molar-refractivity contribution < 1.29 is 53.1 Å². The van der Waals surface area contributed by atoms with Crippen LogP contribution in [0.4, 0.5) is 0 Å². The first-order valence-electron chi connectivity index (χ1n) is 25.1. The number of tetrazole rings is 1. The summed E-state index contributed by atoms with van der Waals surface area (Å²) in [7, 11) is 4.75. The van der Waals surface area contributed by atoms with Crippen LogP contribution in [-0.2, 0) is 42.9 Å². The average molecular weight is 952 g/mol. The molecule has 380 valence electrons. The highest BCUT2D eigenvalue weighted by molar-refractivity contribution is 6.39. The summed E-state index contributed by atoms with van der Waals surface area (Å²) in [6, 6.07) is -1.02. The van der Waals surface area contributed by atoms with Crippen LogP contribution in [0.25, 0.3) is 0 Å². The molecule has 1 aromatic heterocycles. The van der Waals surface area contributed by atoms with Gasteiger partial charge in [0, 0.05) is 46.1 Å². The number of fused-ring (bicyclic) bond motifs is 3. The lowest BCUT2D eigenvalue weighted by Gasteiger charge is -2.42. The maximum Gasteiger partial charge on any atom is 0.329 e. The van der Waals surface area contributed by atoms with Crippen molar-refractivity contribution in [2.75, 3.05) is 27.9 Å². The molecule has 16 nitrogen and oxygen atoms in total. The lowest BCUT2D eigenvalue weighted by molar-refractivity contribution is -0.265. The monoisotopic (exact) mass is 952 g/mol. The molecule has 3 fully saturated rings. The highest BCUT2D eigenvalue weighted by atomic mass is 16.6. The van der Waals surface area contributed by atoms with Gasteiger partial charge in [0.15, 0.2) is 5.78 Å². The third-order valence-electron chi connectivity index (χ3n) is 15.2. The fourth-order valence-corrected chi connectivity index (χ4v) is 10.9. The SMILES string of the molecule is CO[C@H]1C[C@@H]2CC[C@@H](C)[C@@](O)(O2)C(=O)C(=O)N2CCCC[C@H]2C(=O)O[C@H](C(C)C[C@@H]2CC[C@H](n3cnnn3)[C@H](OC)C2)CC[C@H](C)/C=C(\C)[C@@H](O)[C@@H](OC)C(=O)[C@H](C)C[C@H](C)/C=C/C=C/C=C/1C. The molecule has 4 heterocycles. The first kappa shape index (κ1) is 55.0. The van der Waals surface area contributed by atoms with Crippen molar-refractivity contribution in [1.82, 2.24) is 25.1 Å². The van der Waals surface area contributed by atoms with Crippen LogP contribution in [0.15, 0.2) is 53.9 Å². The summed E-state index contributed by atoms with van der Waals surface area (Å²) in [4.78, 5) is 58.1. The number of amides is 1. The fraction of sp³-hybridized carbons (Fsp3) is 0.750. The van der Waals surface area contributed by atoms with Crippen molar-refractivity contribution in [1.29, 1.82) is 0 Å². The number of aromatic nitrogens is 4. The Morgan fingerprint density at radius 1 is 0.853 bits per heavy atom. The number of piperidine rings is 1. The van der Waals surface area contributed by atoms with E-state index in [1.165, 1.54) is 12.0 Å². The Morgan fingerprint density at radius 2 is 1.62 bits per heavy atom. The summed E-state index contributed by atoms with van der Waals surface area (Å²) in [6.07, 6.45) is 17.2. The number of Topliss-reactive ketones (excluding diaryl/α,β-unsaturated/α-hetero) is 2. The number of allylic oxidation sites excluding steroid dienone is 6. The molecule has 0 spiro atoms. The summed E-state index contributed by atoms with van der Waals surface area (Å²) in [5.74, 6) is -6.05. The van der Waals surface area contributed by atoms with Crippen LogP contribution in [0.2, 0.25) is 0 Å². The molecule has 1 amide bonds. The molecule has 1 aromatic rings. The Morgan fingerprint density at radius 3 is 2.31 bits per heavy atom. The van der Waals surface area contributed by atoms with E-state index in [1.807, 2.05) is 64.2 Å². The molecule has 0 radical (unpaired) electrons. The maximum absolute atomic E-state index is 14.5. The molecule has 1 aliphatic carbocycles. The second kappa shape index (κ2) is 25.8. The topological polar surface area (TPSA) is 202 Å². The average Bonchev–Trinajstić information content (AvgIpc) is 3.87. The van der Waals surface area contributed by atoms with E-state index in [1.54, 1.807) is 39.1 Å². The highest BCUT2D eigenvalue weighted by Gasteiger charge is 2.53. The van der Waals surface area contributed by atoms with Gasteiger partial charge >= 0.3 is 5.97 Å². The van der Waals surface area contributed by atoms with Crippen LogP contribution in [-0.4, -0.2) is 135 Å². The quantitative estimate of drug-likeness (QED) is 0.163. The molecular weight excluding hydrogens is 871 g/mol. The van der Waals surface area contributed by atoms with Gasteiger partial charge in [0.05, 0.1) is 24.4 Å². The standard InChI is InChI=1S/C52H81N5O11/c1-32-16-12-11-13-17-34(3)44(64-8)30-40-22-20-38(7)52(63,68-40)49(60)50(61)56-25-15-14-18-42(56)51(62)67-43(24-19-33(2)27-37(6)47(59)48(66-10)46(58)36(5)26-32)35(4)28-39-21-23-41(45(29-39)65-9)57-31-53-54-55-57/h11-13,16-17,27,31-33,35-36,38-45,47-48,59,63H,14-15,18-26,28-30H2,1-10H3/b13-11+,16-12+,34-17+,37-27+/t32-,33+,35?,36-,38-,39+,40+,41+,42+,43+,44+,45-,47-,48+,52-/m1/s1. The smallest absolute Gasteiger partial charge is 0.329 e. The zero-order valence-electron chi connectivity index (χ0n) is 42.3. The highest BCUT2D eigenvalue weighted by Crippen LogP contribution is 2.39. The van der Waals surface area contributed by atoms with Gasteiger partial charge in [0.1, 0.15) is 30.7 Å². The first-order valence-corrected chi connectivity index (χ1v) is 25.1. The van der Waals surface area contributed by atoms with E-state index >= 15 is 0 Å². The van der Waals surface area contributed by atoms with Gasteiger partial charge < -0.3 is 38.8 Å². The Kier molecular flexibility index (Phi) is 20.9. The third kappa shape index (κ3) is 14.1. The van der Waals surface area contributed by atoms with Crippen molar-refractivity contribution in [3.63, 3.8) is 0 Å². The zero-order chi connectivity index (χ0) is 49.7. The number of carbonyl (C=O) groups excluding carboxylic acids is 4. The van der Waals surface area contributed by atoms with Gasteiger partial charge in [-0.1, -0.05) is 71.1 Å². The summed E-state index contributed by atoms with van der Waals surface area (Å²) in [6.45, 7) is 13.6. The predicted octanol–water partition coefficient (Wildman–Crippen LogP) is 6.87. The molecule has 16 heteroatoms. The molecule has 0 aromatic carbocycles. The van der Waals surface area contributed by atoms with Crippen molar-refractivity contribution in [3.05, 3.63) is 53.9 Å². The number of hydrogen-bond donors (Lipinski definition) is 2. The van der Waals surface area contributed by atoms with Crippen molar-refractivity contribution in [2.45, 2.75) is 186 Å². The van der Waals surface area contributed by atoms with Crippen LogP contribution < -0.4 is 0 Å². The van der Waals surface area contributed by atoms with E-state index in [0.29, 0.717) is 63.4 Å². The summed E-state index contributed by atoms with van der Waals surface area (Å²) < 4.78 is 31.9. The molecule has 2 bridgehead atoms. The molecule has 5 rings (SSSR count). The number of aliphatic hydroxyl groups is 2. The van der Waals surface area contributed by atoms with E-state index in [-0.39, 0.29) is 54.1 Å². The van der Waals surface area contributed by atoms with Gasteiger partial charge in [-0.3, -0.25) is 14.4 Å². The van der Waals surface area contributed by atoms with Crippen LogP contribution in [0, 0.1) is 35.5 Å². The second-order valence-electron chi connectivity index (χ2n) is 20.5. The molecule has 1 unspecified atom stereocenters. The van der Waals surface area contributed by atoms with Gasteiger partial charge in [0.2, 0.25) is 5.79 Å². The lowest BCUT2D eigenvalue weighted by atomic mass is 9.77. The van der Waals surface area contributed by atoms with Gasteiger partial charge in [-0.05, 0) is 136 Å². The summed E-state index contributed by atoms with van der Waals surface area (Å²) in [5, 5.41) is 35.3.